The van der Waals surface area contributed by atoms with E-state index in [1.807, 2.05) is 25.1 Å². The van der Waals surface area contributed by atoms with Crippen LogP contribution in [0.5, 0.6) is 5.75 Å². The molecule has 1 aliphatic rings. The van der Waals surface area contributed by atoms with Crippen LogP contribution in [-0.2, 0) is 16.6 Å². The molecule has 1 aromatic carbocycles. The minimum atomic E-state index is -3.07. The number of rotatable bonds is 6. The second-order valence-electron chi connectivity index (χ2n) is 5.95. The summed E-state index contributed by atoms with van der Waals surface area (Å²) >= 11 is 0. The van der Waals surface area contributed by atoms with E-state index in [0.29, 0.717) is 31.7 Å². The van der Waals surface area contributed by atoms with Crippen LogP contribution in [0.2, 0.25) is 0 Å². The van der Waals surface area contributed by atoms with Crippen LogP contribution in [0.15, 0.2) is 24.3 Å². The molecule has 0 aromatic heterocycles. The molecule has 1 aromatic rings. The number of hydrogen-bond acceptors (Lipinski definition) is 4. The largest absolute Gasteiger partial charge is 0.494 e. The number of sulfonamides is 1. The Labute approximate surface area is 133 Å². The quantitative estimate of drug-likeness (QED) is 0.867. The van der Waals surface area contributed by atoms with Crippen molar-refractivity contribution in [3.63, 3.8) is 0 Å². The molecule has 0 aliphatic carbocycles. The van der Waals surface area contributed by atoms with Crippen LogP contribution in [0.1, 0.15) is 25.8 Å². The van der Waals surface area contributed by atoms with Gasteiger partial charge in [-0.25, -0.2) is 12.7 Å². The van der Waals surface area contributed by atoms with Gasteiger partial charge < -0.3 is 10.1 Å². The molecule has 0 radical (unpaired) electrons. The van der Waals surface area contributed by atoms with Crippen LogP contribution in [0.4, 0.5) is 0 Å². The average Bonchev–Trinajstić information content (AvgIpc) is 2.46. The summed E-state index contributed by atoms with van der Waals surface area (Å²) in [6.07, 6.45) is 2.13. The Morgan fingerprint density at radius 1 is 1.41 bits per heavy atom. The van der Waals surface area contributed by atoms with E-state index in [0.717, 1.165) is 18.7 Å². The van der Waals surface area contributed by atoms with Crippen molar-refractivity contribution in [2.75, 3.05) is 26.0 Å². The Hall–Kier alpha value is -1.11. The molecule has 2 rings (SSSR count). The molecule has 1 aliphatic heterocycles. The molecule has 0 bridgehead atoms. The van der Waals surface area contributed by atoms with Crippen molar-refractivity contribution >= 4 is 10.0 Å². The summed E-state index contributed by atoms with van der Waals surface area (Å²) in [5.41, 5.74) is 1.18. The van der Waals surface area contributed by atoms with E-state index < -0.39 is 10.0 Å². The fourth-order valence-electron chi connectivity index (χ4n) is 2.87. The lowest BCUT2D eigenvalue weighted by atomic mass is 9.95. The Morgan fingerprint density at radius 2 is 2.18 bits per heavy atom. The third kappa shape index (κ3) is 4.69. The Bertz CT molecular complexity index is 589. The predicted octanol–water partition coefficient (Wildman–Crippen LogP) is 1.84. The number of nitrogens with zero attached hydrogens (tertiary/aromatic N) is 1. The maximum absolute atomic E-state index is 11.6. The van der Waals surface area contributed by atoms with Crippen molar-refractivity contribution < 1.29 is 13.2 Å². The van der Waals surface area contributed by atoms with Crippen LogP contribution >= 0.6 is 0 Å². The van der Waals surface area contributed by atoms with Crippen LogP contribution in [0, 0.1) is 5.92 Å². The van der Waals surface area contributed by atoms with Crippen molar-refractivity contribution in [2.45, 2.75) is 32.9 Å². The van der Waals surface area contributed by atoms with Gasteiger partial charge in [0.1, 0.15) is 5.75 Å². The third-order valence-corrected chi connectivity index (χ3v) is 5.38. The van der Waals surface area contributed by atoms with Crippen molar-refractivity contribution in [3.05, 3.63) is 29.8 Å². The first-order chi connectivity index (χ1) is 10.4. The van der Waals surface area contributed by atoms with Crippen LogP contribution < -0.4 is 10.1 Å². The van der Waals surface area contributed by atoms with Gasteiger partial charge in [0, 0.05) is 25.7 Å². The summed E-state index contributed by atoms with van der Waals surface area (Å²) in [5.74, 6) is 1.19. The van der Waals surface area contributed by atoms with E-state index in [1.54, 1.807) is 4.31 Å². The van der Waals surface area contributed by atoms with Gasteiger partial charge in [-0.05, 0) is 37.0 Å². The topological polar surface area (TPSA) is 58.6 Å². The second-order valence-corrected chi connectivity index (χ2v) is 7.94. The zero-order valence-electron chi connectivity index (χ0n) is 13.6. The molecule has 22 heavy (non-hydrogen) atoms. The van der Waals surface area contributed by atoms with Gasteiger partial charge in [-0.1, -0.05) is 19.1 Å². The second kappa shape index (κ2) is 7.44. The fourth-order valence-corrected chi connectivity index (χ4v) is 3.82. The van der Waals surface area contributed by atoms with E-state index in [2.05, 4.69) is 18.3 Å². The molecule has 2 atom stereocenters. The monoisotopic (exact) mass is 326 g/mol. The molecule has 1 fully saturated rings. The summed E-state index contributed by atoms with van der Waals surface area (Å²) in [7, 11) is -3.07. The van der Waals surface area contributed by atoms with E-state index in [9.17, 15) is 8.42 Å². The lowest BCUT2D eigenvalue weighted by Gasteiger charge is -2.36. The maximum Gasteiger partial charge on any atom is 0.211 e. The van der Waals surface area contributed by atoms with Gasteiger partial charge in [0.25, 0.3) is 0 Å². The van der Waals surface area contributed by atoms with Gasteiger partial charge in [-0.2, -0.15) is 0 Å². The number of piperidine rings is 1. The number of nitrogens with one attached hydrogen (secondary N) is 1. The van der Waals surface area contributed by atoms with E-state index in [4.69, 9.17) is 4.74 Å². The molecular weight excluding hydrogens is 300 g/mol. The van der Waals surface area contributed by atoms with Gasteiger partial charge in [0.05, 0.1) is 12.9 Å². The summed E-state index contributed by atoms with van der Waals surface area (Å²) in [4.78, 5) is 0. The highest BCUT2D eigenvalue weighted by Gasteiger charge is 2.29. The smallest absolute Gasteiger partial charge is 0.211 e. The molecule has 0 saturated carbocycles. The molecule has 5 nitrogen and oxygen atoms in total. The minimum absolute atomic E-state index is 0.304. The first-order valence-electron chi connectivity index (χ1n) is 7.80. The lowest BCUT2D eigenvalue weighted by molar-refractivity contribution is 0.220. The van der Waals surface area contributed by atoms with Gasteiger partial charge >= 0.3 is 0 Å². The van der Waals surface area contributed by atoms with E-state index in [1.165, 1.54) is 11.8 Å². The summed E-state index contributed by atoms with van der Waals surface area (Å²) in [6, 6.07) is 8.42. The van der Waals surface area contributed by atoms with E-state index >= 15 is 0 Å². The zero-order valence-corrected chi connectivity index (χ0v) is 14.4. The molecular formula is C16H26N2O3S. The Kier molecular flexibility index (Phi) is 5.83. The highest BCUT2D eigenvalue weighted by atomic mass is 32.2. The highest BCUT2D eigenvalue weighted by molar-refractivity contribution is 7.88. The summed E-state index contributed by atoms with van der Waals surface area (Å²) in [6.45, 7) is 6.70. The van der Waals surface area contributed by atoms with Gasteiger partial charge in [-0.15, -0.1) is 0 Å². The van der Waals surface area contributed by atoms with E-state index in [-0.39, 0.29) is 0 Å². The lowest BCUT2D eigenvalue weighted by Crippen LogP contribution is -2.49. The molecule has 0 unspecified atom stereocenters. The van der Waals surface area contributed by atoms with Crippen LogP contribution in [-0.4, -0.2) is 44.7 Å². The highest BCUT2D eigenvalue weighted by Crippen LogP contribution is 2.20. The molecule has 1 N–H and O–H groups in total. The van der Waals surface area contributed by atoms with Gasteiger partial charge in [0.15, 0.2) is 0 Å². The van der Waals surface area contributed by atoms with Crippen LogP contribution in [0.25, 0.3) is 0 Å². The Balaban J connectivity index is 1.89. The molecule has 124 valence electrons. The summed E-state index contributed by atoms with van der Waals surface area (Å²) in [5, 5.41) is 3.55. The summed E-state index contributed by atoms with van der Waals surface area (Å²) < 4.78 is 30.3. The third-order valence-electron chi connectivity index (χ3n) is 4.11. The molecule has 1 heterocycles. The predicted molar refractivity (Wildman–Crippen MR) is 88.4 cm³/mol. The number of hydrogen-bond donors (Lipinski definition) is 1. The van der Waals surface area contributed by atoms with Gasteiger partial charge in [0.2, 0.25) is 10.0 Å². The van der Waals surface area contributed by atoms with Gasteiger partial charge in [-0.3, -0.25) is 0 Å². The molecule has 1 saturated heterocycles. The number of ether oxygens (including phenoxy) is 1. The first kappa shape index (κ1) is 17.2. The average molecular weight is 326 g/mol. The fraction of sp³-hybridized carbons (Fsp3) is 0.625. The van der Waals surface area contributed by atoms with Crippen molar-refractivity contribution in [2.24, 2.45) is 5.92 Å². The van der Waals surface area contributed by atoms with Crippen molar-refractivity contribution in [3.8, 4) is 5.75 Å². The number of benzene rings is 1. The van der Waals surface area contributed by atoms with Crippen molar-refractivity contribution in [1.29, 1.82) is 0 Å². The Morgan fingerprint density at radius 3 is 2.82 bits per heavy atom. The first-order valence-corrected chi connectivity index (χ1v) is 9.65. The molecule has 0 amide bonds. The maximum atomic E-state index is 11.6. The SMILES string of the molecule is CCOc1cccc(CN[C@@H]2CCN(S(C)(=O)=O)C[C@@H]2C)c1. The molecule has 6 heteroatoms. The standard InChI is InChI=1S/C16H26N2O3S/c1-4-21-15-7-5-6-14(10-15)11-17-16-8-9-18(12-13(16)2)22(3,19)20/h5-7,10,13,16-17H,4,8-9,11-12H2,1-3H3/t13-,16+/m0/s1. The van der Waals surface area contributed by atoms with Crippen molar-refractivity contribution in [1.82, 2.24) is 9.62 Å². The minimum Gasteiger partial charge on any atom is -0.494 e. The van der Waals surface area contributed by atoms with Crippen LogP contribution in [0.3, 0.4) is 0 Å². The zero-order chi connectivity index (χ0) is 16.2. The molecule has 0 spiro atoms. The normalized spacial score (nSPS) is 23.4.